The average Bonchev–Trinajstić information content (AvgIpc) is 2.66. The van der Waals surface area contributed by atoms with Gasteiger partial charge in [0.15, 0.2) is 0 Å². The highest BCUT2D eigenvalue weighted by atomic mass is 28.4. The fraction of sp³-hybridized carbons (Fsp3) is 0.478. The summed E-state index contributed by atoms with van der Waals surface area (Å²) in [4.78, 5) is 1.86. The van der Waals surface area contributed by atoms with E-state index in [4.69, 9.17) is 4.43 Å². The van der Waals surface area contributed by atoms with Crippen LogP contribution in [0, 0.1) is 0 Å². The second-order valence-corrected chi connectivity index (χ2v) is 12.9. The Morgan fingerprint density at radius 3 is 2.00 bits per heavy atom. The van der Waals surface area contributed by atoms with Gasteiger partial charge < -0.3 is 4.43 Å². The molecular formula is C23H31F2NOSi. The lowest BCUT2D eigenvalue weighted by Crippen LogP contribution is -2.68. The number of halogens is 2. The van der Waals surface area contributed by atoms with E-state index in [9.17, 15) is 8.78 Å². The van der Waals surface area contributed by atoms with Crippen molar-refractivity contribution in [3.8, 4) is 0 Å². The minimum atomic E-state index is -2.62. The van der Waals surface area contributed by atoms with Crippen LogP contribution >= 0.6 is 0 Å². The lowest BCUT2D eigenvalue weighted by atomic mass is 10.1. The Morgan fingerprint density at radius 2 is 1.54 bits per heavy atom. The molecule has 0 unspecified atom stereocenters. The Bertz CT molecular complexity index is 694. The fourth-order valence-corrected chi connectivity index (χ4v) is 9.12. The van der Waals surface area contributed by atoms with Gasteiger partial charge in [0.1, 0.15) is 0 Å². The molecule has 0 N–H and O–H groups in total. The number of alkyl halides is 2. The monoisotopic (exact) mass is 403 g/mol. The molecule has 28 heavy (non-hydrogen) atoms. The van der Waals surface area contributed by atoms with Crippen molar-refractivity contribution in [1.82, 2.24) is 4.90 Å². The Balaban J connectivity index is 2.01. The summed E-state index contributed by atoms with van der Waals surface area (Å²) in [5, 5.41) is 2.38. The number of hydrogen-bond donors (Lipinski definition) is 0. The van der Waals surface area contributed by atoms with Crippen LogP contribution in [0.5, 0.6) is 0 Å². The van der Waals surface area contributed by atoms with Gasteiger partial charge in [-0.05, 0) is 34.8 Å². The first kappa shape index (κ1) is 21.2. The zero-order valence-corrected chi connectivity index (χ0v) is 18.1. The van der Waals surface area contributed by atoms with Crippen molar-refractivity contribution in [2.45, 2.75) is 51.2 Å². The number of hydrogen-bond acceptors (Lipinski definition) is 2. The van der Waals surface area contributed by atoms with E-state index in [-0.39, 0.29) is 17.7 Å². The molecule has 0 spiro atoms. The van der Waals surface area contributed by atoms with Gasteiger partial charge in [-0.2, -0.15) is 0 Å². The fourth-order valence-electron chi connectivity index (χ4n) is 4.41. The van der Waals surface area contributed by atoms with E-state index in [0.717, 1.165) is 19.4 Å². The second-order valence-electron chi connectivity index (χ2n) is 8.70. The van der Waals surface area contributed by atoms with Gasteiger partial charge in [-0.15, -0.1) is 0 Å². The highest BCUT2D eigenvalue weighted by Gasteiger charge is 2.51. The van der Waals surface area contributed by atoms with Gasteiger partial charge in [0.2, 0.25) is 0 Å². The molecule has 0 radical (unpaired) electrons. The minimum Gasteiger partial charge on any atom is -0.403 e. The molecule has 1 aliphatic rings. The van der Waals surface area contributed by atoms with Crippen LogP contribution in [0.1, 0.15) is 33.6 Å². The number of likely N-dealkylation sites (tertiary alicyclic amines) is 1. The molecule has 0 bridgehead atoms. The molecule has 1 fully saturated rings. The highest BCUT2D eigenvalue weighted by molar-refractivity contribution is 6.99. The van der Waals surface area contributed by atoms with Gasteiger partial charge in [0.05, 0.1) is 12.6 Å². The quantitative estimate of drug-likeness (QED) is 0.667. The lowest BCUT2D eigenvalue weighted by Gasteiger charge is -2.47. The van der Waals surface area contributed by atoms with Crippen molar-refractivity contribution >= 4 is 18.7 Å². The SMILES string of the molecule is CC(C)(C)[Si](O[C@H]1CCCN(CC(F)F)C1)(c1ccccc1)c1ccccc1. The van der Waals surface area contributed by atoms with Crippen LogP contribution < -0.4 is 10.4 Å². The van der Waals surface area contributed by atoms with Gasteiger partial charge in [-0.1, -0.05) is 81.4 Å². The molecule has 2 nitrogen and oxygen atoms in total. The smallest absolute Gasteiger partial charge is 0.261 e. The zero-order chi connectivity index (χ0) is 20.2. The largest absolute Gasteiger partial charge is 0.403 e. The van der Waals surface area contributed by atoms with Crippen LogP contribution in [-0.4, -0.2) is 45.4 Å². The van der Waals surface area contributed by atoms with Crippen LogP contribution in [-0.2, 0) is 4.43 Å². The number of nitrogens with zero attached hydrogens (tertiary/aromatic N) is 1. The van der Waals surface area contributed by atoms with Crippen molar-refractivity contribution in [3.05, 3.63) is 60.7 Å². The van der Waals surface area contributed by atoms with E-state index in [1.165, 1.54) is 10.4 Å². The molecule has 152 valence electrons. The minimum absolute atomic E-state index is 0.0289. The van der Waals surface area contributed by atoms with Crippen LogP contribution in [0.4, 0.5) is 8.78 Å². The van der Waals surface area contributed by atoms with Crippen molar-refractivity contribution < 1.29 is 13.2 Å². The Morgan fingerprint density at radius 1 is 1.00 bits per heavy atom. The lowest BCUT2D eigenvalue weighted by molar-refractivity contribution is 0.0348. The maximum absolute atomic E-state index is 12.9. The Hall–Kier alpha value is -1.56. The van der Waals surface area contributed by atoms with Crippen LogP contribution in [0.25, 0.3) is 0 Å². The Kier molecular flexibility index (Phi) is 6.68. The molecule has 1 saturated heterocycles. The molecule has 1 aliphatic heterocycles. The van der Waals surface area contributed by atoms with Crippen molar-refractivity contribution in [2.75, 3.05) is 19.6 Å². The molecule has 1 atom stereocenters. The Labute approximate surface area is 168 Å². The first-order valence-corrected chi connectivity index (χ1v) is 12.0. The summed E-state index contributed by atoms with van der Waals surface area (Å²) < 4.78 is 32.9. The van der Waals surface area contributed by atoms with E-state index in [2.05, 4.69) is 69.3 Å². The maximum Gasteiger partial charge on any atom is 0.261 e. The molecule has 1 heterocycles. The molecule has 2 aromatic rings. The first-order chi connectivity index (χ1) is 13.3. The number of benzene rings is 2. The predicted octanol–water partition coefficient (Wildman–Crippen LogP) is 4.29. The van der Waals surface area contributed by atoms with Gasteiger partial charge in [0.25, 0.3) is 14.7 Å². The maximum atomic E-state index is 12.9. The van der Waals surface area contributed by atoms with Gasteiger partial charge >= 0.3 is 0 Å². The third-order valence-electron chi connectivity index (χ3n) is 5.62. The normalized spacial score (nSPS) is 19.1. The van der Waals surface area contributed by atoms with Crippen molar-refractivity contribution in [1.29, 1.82) is 0 Å². The number of rotatable bonds is 6. The second kappa shape index (κ2) is 8.85. The zero-order valence-electron chi connectivity index (χ0n) is 17.1. The molecule has 2 aromatic carbocycles. The van der Waals surface area contributed by atoms with Crippen LogP contribution in [0.15, 0.2) is 60.7 Å². The topological polar surface area (TPSA) is 12.5 Å². The summed E-state index contributed by atoms with van der Waals surface area (Å²) in [5.74, 6) is 0. The van der Waals surface area contributed by atoms with E-state index < -0.39 is 14.7 Å². The van der Waals surface area contributed by atoms with E-state index in [0.29, 0.717) is 6.54 Å². The average molecular weight is 404 g/mol. The van der Waals surface area contributed by atoms with E-state index in [1.807, 2.05) is 17.0 Å². The molecule has 5 heteroatoms. The van der Waals surface area contributed by atoms with Crippen LogP contribution in [0.2, 0.25) is 5.04 Å². The molecular weight excluding hydrogens is 372 g/mol. The summed E-state index contributed by atoms with van der Waals surface area (Å²) in [5.41, 5.74) is 0. The summed E-state index contributed by atoms with van der Waals surface area (Å²) in [7, 11) is -2.62. The van der Waals surface area contributed by atoms with Gasteiger partial charge in [0, 0.05) is 6.54 Å². The molecule has 0 saturated carbocycles. The summed E-state index contributed by atoms with van der Waals surface area (Å²) in [6.45, 7) is 7.89. The molecule has 3 rings (SSSR count). The summed E-state index contributed by atoms with van der Waals surface area (Å²) in [6, 6.07) is 21.0. The first-order valence-electron chi connectivity index (χ1n) is 10.1. The summed E-state index contributed by atoms with van der Waals surface area (Å²) in [6.07, 6.45) is -0.509. The van der Waals surface area contributed by atoms with Crippen molar-refractivity contribution in [3.63, 3.8) is 0 Å². The standard InChI is InChI=1S/C23H31F2NOSi/c1-23(2,3)28(20-12-6-4-7-13-20,21-14-8-5-9-15-21)27-19-11-10-16-26(17-19)18-22(24)25/h4-9,12-15,19,22H,10-11,16-18H2,1-3H3/t19-/m0/s1. The van der Waals surface area contributed by atoms with E-state index in [1.54, 1.807) is 0 Å². The highest BCUT2D eigenvalue weighted by Crippen LogP contribution is 2.38. The van der Waals surface area contributed by atoms with E-state index >= 15 is 0 Å². The van der Waals surface area contributed by atoms with Crippen molar-refractivity contribution in [2.24, 2.45) is 0 Å². The third kappa shape index (κ3) is 4.53. The predicted molar refractivity (Wildman–Crippen MR) is 114 cm³/mol. The van der Waals surface area contributed by atoms with Gasteiger partial charge in [-0.3, -0.25) is 4.90 Å². The molecule has 0 aliphatic carbocycles. The third-order valence-corrected chi connectivity index (χ3v) is 10.7. The summed E-state index contributed by atoms with van der Waals surface area (Å²) >= 11 is 0. The molecule has 0 aromatic heterocycles. The van der Waals surface area contributed by atoms with Crippen LogP contribution in [0.3, 0.4) is 0 Å². The molecule has 0 amide bonds. The number of piperidine rings is 1. The van der Waals surface area contributed by atoms with Gasteiger partial charge in [-0.25, -0.2) is 8.78 Å².